The number of aromatic nitrogens is 3. The topological polar surface area (TPSA) is 43.9 Å². The predicted molar refractivity (Wildman–Crippen MR) is 101 cm³/mol. The molecular formula is C20H29N3OS. The van der Waals surface area contributed by atoms with Crippen molar-refractivity contribution in [3.63, 3.8) is 0 Å². The van der Waals surface area contributed by atoms with Gasteiger partial charge in [0.2, 0.25) is 5.89 Å². The van der Waals surface area contributed by atoms with Gasteiger partial charge in [-0.15, -0.1) is 0 Å². The number of thioether (sulfide) groups is 1. The zero-order chi connectivity index (χ0) is 17.7. The lowest BCUT2D eigenvalue weighted by Gasteiger charge is -2.30. The van der Waals surface area contributed by atoms with Crippen LogP contribution in [-0.2, 0) is 5.75 Å². The third-order valence-electron chi connectivity index (χ3n) is 6.57. The van der Waals surface area contributed by atoms with Crippen LogP contribution < -0.4 is 0 Å². The van der Waals surface area contributed by atoms with Crippen molar-refractivity contribution in [3.8, 4) is 0 Å². The van der Waals surface area contributed by atoms with E-state index in [4.69, 9.17) is 9.40 Å². The summed E-state index contributed by atoms with van der Waals surface area (Å²) in [4.78, 5) is 9.38. The van der Waals surface area contributed by atoms with Crippen molar-refractivity contribution in [2.75, 3.05) is 0 Å². The van der Waals surface area contributed by atoms with E-state index in [0.29, 0.717) is 6.04 Å². The summed E-state index contributed by atoms with van der Waals surface area (Å²) >= 11 is 1.76. The lowest BCUT2D eigenvalue weighted by Crippen LogP contribution is -2.23. The predicted octanol–water partition coefficient (Wildman–Crippen LogP) is 5.39. The van der Waals surface area contributed by atoms with Crippen molar-refractivity contribution in [2.24, 2.45) is 17.8 Å². The molecule has 0 N–H and O–H groups in total. The van der Waals surface area contributed by atoms with Gasteiger partial charge in [-0.1, -0.05) is 18.2 Å². The SMILES string of the molecule is Cc1nc(CSc2nc(C)c(C)n2[C@@H](C)[C@@H]2C[C@H]3CC[C@H]2C3)oc1C. The van der Waals surface area contributed by atoms with Gasteiger partial charge >= 0.3 is 0 Å². The third-order valence-corrected chi connectivity index (χ3v) is 7.51. The Hall–Kier alpha value is -1.23. The first-order chi connectivity index (χ1) is 11.9. The fourth-order valence-electron chi connectivity index (χ4n) is 4.98. The minimum absolute atomic E-state index is 0.534. The summed E-state index contributed by atoms with van der Waals surface area (Å²) in [7, 11) is 0. The maximum Gasteiger partial charge on any atom is 0.205 e. The van der Waals surface area contributed by atoms with Crippen LogP contribution in [0.15, 0.2) is 9.57 Å². The van der Waals surface area contributed by atoms with Crippen molar-refractivity contribution >= 4 is 11.8 Å². The third kappa shape index (κ3) is 3.05. The zero-order valence-corrected chi connectivity index (χ0v) is 16.8. The number of nitrogens with zero attached hydrogens (tertiary/aromatic N) is 3. The number of imidazole rings is 1. The Kier molecular flexibility index (Phi) is 4.47. The van der Waals surface area contributed by atoms with Gasteiger partial charge in [0.05, 0.1) is 17.1 Å². The minimum atomic E-state index is 0.534. The van der Waals surface area contributed by atoms with Crippen LogP contribution in [0.2, 0.25) is 0 Å². The van der Waals surface area contributed by atoms with Crippen molar-refractivity contribution in [1.82, 2.24) is 14.5 Å². The molecule has 0 unspecified atom stereocenters. The van der Waals surface area contributed by atoms with Crippen LogP contribution in [0.3, 0.4) is 0 Å². The number of fused-ring (bicyclic) bond motifs is 2. The number of aryl methyl sites for hydroxylation is 3. The van der Waals surface area contributed by atoms with Gasteiger partial charge in [-0.25, -0.2) is 9.97 Å². The lowest BCUT2D eigenvalue weighted by atomic mass is 9.84. The molecule has 2 fully saturated rings. The van der Waals surface area contributed by atoms with Crippen molar-refractivity contribution in [1.29, 1.82) is 0 Å². The van der Waals surface area contributed by atoms with Crippen LogP contribution in [0.4, 0.5) is 0 Å². The van der Waals surface area contributed by atoms with E-state index in [1.807, 2.05) is 13.8 Å². The Bertz CT molecular complexity index is 759. The molecule has 5 heteroatoms. The molecule has 0 radical (unpaired) electrons. The first-order valence-corrected chi connectivity index (χ1v) is 10.5. The Morgan fingerprint density at radius 1 is 1.12 bits per heavy atom. The molecule has 2 bridgehead atoms. The number of oxazole rings is 1. The summed E-state index contributed by atoms with van der Waals surface area (Å²) in [5.41, 5.74) is 3.46. The van der Waals surface area contributed by atoms with E-state index in [1.165, 1.54) is 31.4 Å². The molecule has 4 rings (SSSR count). The maximum atomic E-state index is 5.74. The highest BCUT2D eigenvalue weighted by Gasteiger charge is 2.43. The summed E-state index contributed by atoms with van der Waals surface area (Å²) in [6.07, 6.45) is 5.76. The lowest BCUT2D eigenvalue weighted by molar-refractivity contribution is 0.232. The molecule has 0 aromatic carbocycles. The quantitative estimate of drug-likeness (QED) is 0.671. The summed E-state index contributed by atoms with van der Waals surface area (Å²) < 4.78 is 8.24. The van der Waals surface area contributed by atoms with E-state index in [1.54, 1.807) is 11.8 Å². The summed E-state index contributed by atoms with van der Waals surface area (Å²) in [5, 5.41) is 1.12. The largest absolute Gasteiger partial charge is 0.445 e. The average Bonchev–Trinajstić information content (AvgIpc) is 3.32. The molecule has 2 saturated carbocycles. The Morgan fingerprint density at radius 3 is 2.52 bits per heavy atom. The average molecular weight is 360 g/mol. The first-order valence-electron chi connectivity index (χ1n) is 9.55. The van der Waals surface area contributed by atoms with Gasteiger partial charge in [0.25, 0.3) is 0 Å². The highest BCUT2D eigenvalue weighted by Crippen LogP contribution is 2.52. The maximum absolute atomic E-state index is 5.74. The fourth-order valence-corrected chi connectivity index (χ4v) is 6.00. The van der Waals surface area contributed by atoms with Gasteiger partial charge in [-0.3, -0.25) is 0 Å². The molecule has 2 aliphatic carbocycles. The smallest absolute Gasteiger partial charge is 0.205 e. The molecule has 0 amide bonds. The molecule has 2 heterocycles. The molecular weight excluding hydrogens is 330 g/mol. The highest BCUT2D eigenvalue weighted by molar-refractivity contribution is 7.98. The van der Waals surface area contributed by atoms with E-state index in [2.05, 4.69) is 30.3 Å². The molecule has 136 valence electrons. The van der Waals surface area contributed by atoms with Crippen LogP contribution >= 0.6 is 11.8 Å². The minimum Gasteiger partial charge on any atom is -0.445 e. The monoisotopic (exact) mass is 359 g/mol. The molecule has 0 spiro atoms. The van der Waals surface area contributed by atoms with Crippen LogP contribution in [-0.4, -0.2) is 14.5 Å². The summed E-state index contributed by atoms with van der Waals surface area (Å²) in [5.74, 6) is 5.19. The van der Waals surface area contributed by atoms with E-state index >= 15 is 0 Å². The van der Waals surface area contributed by atoms with Crippen LogP contribution in [0, 0.1) is 45.4 Å². The highest BCUT2D eigenvalue weighted by atomic mass is 32.2. The molecule has 2 aromatic rings. The van der Waals surface area contributed by atoms with Gasteiger partial charge in [0.15, 0.2) is 5.16 Å². The zero-order valence-electron chi connectivity index (χ0n) is 16.0. The first kappa shape index (κ1) is 17.2. The van der Waals surface area contributed by atoms with Crippen molar-refractivity contribution in [3.05, 3.63) is 28.7 Å². The standard InChI is InChI=1S/C20H29N3OS/c1-11-13(3)23(14(4)18-9-16-6-7-17(18)8-16)20(22-11)25-10-19-21-12(2)15(5)24-19/h14,16-18H,6-10H2,1-5H3/t14-,16-,17-,18-/m0/s1. The van der Waals surface area contributed by atoms with Gasteiger partial charge in [-0.05, 0) is 71.6 Å². The summed E-state index contributed by atoms with van der Waals surface area (Å²) in [6, 6.07) is 0.534. The Labute approximate surface area is 154 Å². The number of hydrogen-bond donors (Lipinski definition) is 0. The normalized spacial score (nSPS) is 26.5. The van der Waals surface area contributed by atoms with Gasteiger partial charge in [0, 0.05) is 11.7 Å². The van der Waals surface area contributed by atoms with E-state index < -0.39 is 0 Å². The van der Waals surface area contributed by atoms with Gasteiger partial charge in [-0.2, -0.15) is 0 Å². The Morgan fingerprint density at radius 2 is 1.92 bits per heavy atom. The number of rotatable bonds is 5. The molecule has 2 aromatic heterocycles. The summed E-state index contributed by atoms with van der Waals surface area (Å²) in [6.45, 7) is 10.7. The van der Waals surface area contributed by atoms with Crippen LogP contribution in [0.5, 0.6) is 0 Å². The Balaban J connectivity index is 1.55. The second-order valence-corrected chi connectivity index (χ2v) is 8.99. The molecule has 4 nitrogen and oxygen atoms in total. The van der Waals surface area contributed by atoms with Crippen LogP contribution in [0.25, 0.3) is 0 Å². The molecule has 0 aliphatic heterocycles. The van der Waals surface area contributed by atoms with E-state index in [-0.39, 0.29) is 0 Å². The molecule has 0 saturated heterocycles. The van der Waals surface area contributed by atoms with Crippen LogP contribution in [0.1, 0.15) is 67.4 Å². The fraction of sp³-hybridized carbons (Fsp3) is 0.700. The van der Waals surface area contributed by atoms with E-state index in [9.17, 15) is 0 Å². The molecule has 4 atom stereocenters. The second-order valence-electron chi connectivity index (χ2n) is 8.05. The van der Waals surface area contributed by atoms with Crippen molar-refractivity contribution < 1.29 is 4.42 Å². The number of hydrogen-bond acceptors (Lipinski definition) is 4. The van der Waals surface area contributed by atoms with Gasteiger partial charge < -0.3 is 8.98 Å². The van der Waals surface area contributed by atoms with E-state index in [0.717, 1.165) is 51.7 Å². The molecule has 25 heavy (non-hydrogen) atoms. The second kappa shape index (κ2) is 6.49. The molecule has 2 aliphatic rings. The van der Waals surface area contributed by atoms with Crippen molar-refractivity contribution in [2.45, 2.75) is 77.3 Å². The van der Waals surface area contributed by atoms with Gasteiger partial charge in [0.1, 0.15) is 5.76 Å².